The molecule has 1 saturated heterocycles. The number of nitrogens with one attached hydrogen (secondary N) is 1. The Bertz CT molecular complexity index is 803. The number of anilines is 2. The van der Waals surface area contributed by atoms with E-state index in [2.05, 4.69) is 34.2 Å². The summed E-state index contributed by atoms with van der Waals surface area (Å²) < 4.78 is 0. The highest BCUT2D eigenvalue weighted by molar-refractivity contribution is 5.96. The van der Waals surface area contributed by atoms with E-state index in [0.717, 1.165) is 48.7 Å². The summed E-state index contributed by atoms with van der Waals surface area (Å²) in [7, 11) is 0. The molecule has 1 heterocycles. The smallest absolute Gasteiger partial charge is 0.241 e. The number of para-hydroxylation sites is 2. The van der Waals surface area contributed by atoms with Crippen molar-refractivity contribution in [3.05, 3.63) is 53.1 Å². The average Bonchev–Trinajstić information content (AvgIpc) is 2.64. The van der Waals surface area contributed by atoms with Crippen molar-refractivity contribution in [1.29, 1.82) is 0 Å². The van der Waals surface area contributed by atoms with Gasteiger partial charge >= 0.3 is 0 Å². The molecule has 1 aliphatic heterocycles. The molecule has 0 aromatic heterocycles. The van der Waals surface area contributed by atoms with Gasteiger partial charge in [-0.05, 0) is 51.0 Å². The molecule has 0 bridgehead atoms. The van der Waals surface area contributed by atoms with E-state index in [0.29, 0.717) is 5.75 Å². The molecule has 1 amide bonds. The van der Waals surface area contributed by atoms with E-state index >= 15 is 0 Å². The molecule has 0 aliphatic carbocycles. The molecule has 27 heavy (non-hydrogen) atoms. The molecular weight excluding hydrogens is 338 g/mol. The van der Waals surface area contributed by atoms with Gasteiger partial charge in [-0.15, -0.1) is 0 Å². The van der Waals surface area contributed by atoms with Crippen LogP contribution in [-0.4, -0.2) is 48.1 Å². The molecule has 5 heteroatoms. The van der Waals surface area contributed by atoms with E-state index in [4.69, 9.17) is 0 Å². The van der Waals surface area contributed by atoms with Crippen LogP contribution in [-0.2, 0) is 4.79 Å². The maximum absolute atomic E-state index is 12.8. The van der Waals surface area contributed by atoms with E-state index < -0.39 is 0 Å². The predicted molar refractivity (Wildman–Crippen MR) is 111 cm³/mol. The zero-order valence-electron chi connectivity index (χ0n) is 16.6. The molecule has 1 atom stereocenters. The van der Waals surface area contributed by atoms with Crippen LogP contribution >= 0.6 is 0 Å². The number of carbonyl (C=O) groups is 1. The molecule has 144 valence electrons. The SMILES string of the molecule is Cc1cc(C)c(NC(=O)[C@H](C)N2CCN(c3ccccc3O)CC2)c(C)c1. The van der Waals surface area contributed by atoms with E-state index in [1.165, 1.54) is 5.56 Å². The molecule has 5 nitrogen and oxygen atoms in total. The summed E-state index contributed by atoms with van der Waals surface area (Å²) in [6.45, 7) is 11.2. The van der Waals surface area contributed by atoms with Gasteiger partial charge in [-0.3, -0.25) is 9.69 Å². The van der Waals surface area contributed by atoms with Crippen molar-refractivity contribution in [2.45, 2.75) is 33.7 Å². The van der Waals surface area contributed by atoms with Crippen LogP contribution in [0.15, 0.2) is 36.4 Å². The number of piperazine rings is 1. The number of rotatable bonds is 4. The molecule has 1 fully saturated rings. The summed E-state index contributed by atoms with van der Waals surface area (Å²) in [4.78, 5) is 17.2. The summed E-state index contributed by atoms with van der Waals surface area (Å²) >= 11 is 0. The second-order valence-corrected chi connectivity index (χ2v) is 7.45. The van der Waals surface area contributed by atoms with Crippen molar-refractivity contribution in [2.75, 3.05) is 36.4 Å². The highest BCUT2D eigenvalue weighted by Crippen LogP contribution is 2.28. The second-order valence-electron chi connectivity index (χ2n) is 7.45. The molecule has 0 radical (unpaired) electrons. The molecule has 1 aliphatic rings. The Morgan fingerprint density at radius 2 is 1.63 bits per heavy atom. The number of amides is 1. The monoisotopic (exact) mass is 367 g/mol. The fraction of sp³-hybridized carbons (Fsp3) is 0.409. The molecule has 0 spiro atoms. The van der Waals surface area contributed by atoms with Gasteiger partial charge in [0.15, 0.2) is 0 Å². The molecular formula is C22H29N3O2. The van der Waals surface area contributed by atoms with Gasteiger partial charge in [0.05, 0.1) is 11.7 Å². The van der Waals surface area contributed by atoms with Crippen molar-refractivity contribution in [1.82, 2.24) is 4.90 Å². The number of aromatic hydroxyl groups is 1. The maximum Gasteiger partial charge on any atom is 0.241 e. The van der Waals surface area contributed by atoms with Crippen LogP contribution in [0.3, 0.4) is 0 Å². The summed E-state index contributed by atoms with van der Waals surface area (Å²) in [6.07, 6.45) is 0. The first-order valence-electron chi connectivity index (χ1n) is 9.52. The van der Waals surface area contributed by atoms with E-state index in [1.54, 1.807) is 6.07 Å². The van der Waals surface area contributed by atoms with E-state index in [1.807, 2.05) is 39.0 Å². The highest BCUT2D eigenvalue weighted by Gasteiger charge is 2.27. The van der Waals surface area contributed by atoms with Gasteiger partial charge in [-0.25, -0.2) is 0 Å². The van der Waals surface area contributed by atoms with Gasteiger partial charge in [0.2, 0.25) is 5.91 Å². The third kappa shape index (κ3) is 4.25. The topological polar surface area (TPSA) is 55.8 Å². The van der Waals surface area contributed by atoms with Crippen molar-refractivity contribution in [2.24, 2.45) is 0 Å². The minimum Gasteiger partial charge on any atom is -0.506 e. The summed E-state index contributed by atoms with van der Waals surface area (Å²) in [6, 6.07) is 11.4. The van der Waals surface area contributed by atoms with Crippen LogP contribution in [0.25, 0.3) is 0 Å². The largest absolute Gasteiger partial charge is 0.506 e. The molecule has 0 saturated carbocycles. The number of aryl methyl sites for hydroxylation is 3. The van der Waals surface area contributed by atoms with Crippen LogP contribution in [0.1, 0.15) is 23.6 Å². The Labute approximate surface area is 161 Å². The minimum absolute atomic E-state index is 0.0288. The summed E-state index contributed by atoms with van der Waals surface area (Å²) in [5.74, 6) is 0.336. The lowest BCUT2D eigenvalue weighted by Crippen LogP contribution is -2.52. The van der Waals surface area contributed by atoms with Gasteiger partial charge in [-0.1, -0.05) is 29.8 Å². The number of nitrogens with zero attached hydrogens (tertiary/aromatic N) is 2. The average molecular weight is 367 g/mol. The second kappa shape index (κ2) is 8.01. The van der Waals surface area contributed by atoms with Crippen LogP contribution in [0, 0.1) is 20.8 Å². The first-order chi connectivity index (χ1) is 12.9. The normalized spacial score (nSPS) is 16.2. The van der Waals surface area contributed by atoms with Crippen LogP contribution < -0.4 is 10.2 Å². The number of carbonyl (C=O) groups excluding carboxylic acids is 1. The first-order valence-corrected chi connectivity index (χ1v) is 9.52. The third-order valence-corrected chi connectivity index (χ3v) is 5.39. The zero-order valence-corrected chi connectivity index (χ0v) is 16.6. The standard InChI is InChI=1S/C22H29N3O2/c1-15-13-16(2)21(17(3)14-15)23-22(27)18(4)24-9-11-25(12-10-24)19-7-5-6-8-20(19)26/h5-8,13-14,18,26H,9-12H2,1-4H3,(H,23,27)/t18-/m0/s1. The highest BCUT2D eigenvalue weighted by atomic mass is 16.3. The number of phenols is 1. The molecule has 2 aromatic carbocycles. The number of benzene rings is 2. The number of phenolic OH excluding ortho intramolecular Hbond substituents is 1. The third-order valence-electron chi connectivity index (χ3n) is 5.39. The van der Waals surface area contributed by atoms with Gasteiger partial charge in [0, 0.05) is 31.9 Å². The van der Waals surface area contributed by atoms with Crippen molar-refractivity contribution in [3.63, 3.8) is 0 Å². The van der Waals surface area contributed by atoms with Crippen LogP contribution in [0.4, 0.5) is 11.4 Å². The number of hydrogen-bond donors (Lipinski definition) is 2. The summed E-state index contributed by atoms with van der Waals surface area (Å²) in [5.41, 5.74) is 5.18. The lowest BCUT2D eigenvalue weighted by Gasteiger charge is -2.38. The van der Waals surface area contributed by atoms with E-state index in [9.17, 15) is 9.90 Å². The molecule has 0 unspecified atom stereocenters. The lowest BCUT2D eigenvalue weighted by molar-refractivity contribution is -0.120. The molecule has 2 N–H and O–H groups in total. The number of hydrogen-bond acceptors (Lipinski definition) is 4. The molecule has 2 aromatic rings. The van der Waals surface area contributed by atoms with Gasteiger partial charge in [0.1, 0.15) is 5.75 Å². The first kappa shape index (κ1) is 19.2. The zero-order chi connectivity index (χ0) is 19.6. The molecule has 3 rings (SSSR count). The predicted octanol–water partition coefficient (Wildman–Crippen LogP) is 3.47. The fourth-order valence-corrected chi connectivity index (χ4v) is 3.85. The van der Waals surface area contributed by atoms with Crippen molar-refractivity contribution < 1.29 is 9.90 Å². The Kier molecular flexibility index (Phi) is 5.71. The van der Waals surface area contributed by atoms with Crippen molar-refractivity contribution in [3.8, 4) is 5.75 Å². The fourth-order valence-electron chi connectivity index (χ4n) is 3.85. The van der Waals surface area contributed by atoms with Gasteiger partial charge in [0.25, 0.3) is 0 Å². The van der Waals surface area contributed by atoms with Crippen LogP contribution in [0.5, 0.6) is 5.75 Å². The Hall–Kier alpha value is -2.53. The van der Waals surface area contributed by atoms with Crippen LogP contribution in [0.2, 0.25) is 0 Å². The van der Waals surface area contributed by atoms with Gasteiger partial charge < -0.3 is 15.3 Å². The lowest BCUT2D eigenvalue weighted by atomic mass is 10.0. The quantitative estimate of drug-likeness (QED) is 0.869. The Morgan fingerprint density at radius 3 is 2.22 bits per heavy atom. The van der Waals surface area contributed by atoms with Gasteiger partial charge in [-0.2, -0.15) is 0 Å². The summed E-state index contributed by atoms with van der Waals surface area (Å²) in [5, 5.41) is 13.2. The maximum atomic E-state index is 12.8. The minimum atomic E-state index is -0.198. The van der Waals surface area contributed by atoms with Crippen molar-refractivity contribution >= 4 is 17.3 Å². The Balaban J connectivity index is 1.61. The van der Waals surface area contributed by atoms with E-state index in [-0.39, 0.29) is 11.9 Å². The Morgan fingerprint density at radius 1 is 1.04 bits per heavy atom.